The van der Waals surface area contributed by atoms with Gasteiger partial charge in [-0.3, -0.25) is 4.79 Å². The summed E-state index contributed by atoms with van der Waals surface area (Å²) in [4.78, 5) is 13.0. The monoisotopic (exact) mass is 435 g/mol. The van der Waals surface area contributed by atoms with Gasteiger partial charge in [0, 0.05) is 11.3 Å². The topological polar surface area (TPSA) is 29.1 Å². The first-order valence-corrected chi connectivity index (χ1v) is 14.0. The molecule has 0 saturated heterocycles. The van der Waals surface area contributed by atoms with E-state index in [2.05, 4.69) is 23.7 Å². The third-order valence-electron chi connectivity index (χ3n) is 6.05. The number of hydrogen-bond acceptors (Lipinski definition) is 2. The maximum atomic E-state index is 11.8. The van der Waals surface area contributed by atoms with Crippen LogP contribution < -0.4 is 5.32 Å². The molecule has 30 heavy (non-hydrogen) atoms. The normalized spacial score (nSPS) is 11.1. The van der Waals surface area contributed by atoms with Crippen molar-refractivity contribution < 1.29 is 4.79 Å². The largest absolute Gasteiger partial charge is 0.351 e. The van der Waals surface area contributed by atoms with E-state index in [4.69, 9.17) is 0 Å². The van der Waals surface area contributed by atoms with Crippen LogP contribution >= 0.6 is 11.3 Å². The number of unbranched alkanes of at least 4 members (excludes halogenated alkanes) is 18. The molecule has 0 radical (unpaired) electrons. The molecule has 1 amide bonds. The molecule has 0 spiro atoms. The Kier molecular flexibility index (Phi) is 19.4. The molecule has 3 heteroatoms. The highest BCUT2D eigenvalue weighted by Crippen LogP contribution is 2.15. The van der Waals surface area contributed by atoms with Gasteiger partial charge in [0.25, 0.3) is 0 Å². The van der Waals surface area contributed by atoms with Crippen molar-refractivity contribution in [1.82, 2.24) is 5.32 Å². The van der Waals surface area contributed by atoms with Gasteiger partial charge in [-0.2, -0.15) is 0 Å². The molecule has 1 aromatic rings. The number of rotatable bonds is 22. The summed E-state index contributed by atoms with van der Waals surface area (Å²) in [5.41, 5.74) is 0. The summed E-state index contributed by atoms with van der Waals surface area (Å²) in [5, 5.41) is 5.07. The zero-order valence-electron chi connectivity index (χ0n) is 19.9. The van der Waals surface area contributed by atoms with Crippen LogP contribution in [0, 0.1) is 0 Å². The van der Waals surface area contributed by atoms with E-state index in [-0.39, 0.29) is 5.91 Å². The van der Waals surface area contributed by atoms with E-state index in [1.54, 1.807) is 11.3 Å². The highest BCUT2D eigenvalue weighted by molar-refractivity contribution is 7.09. The Morgan fingerprint density at radius 1 is 0.700 bits per heavy atom. The van der Waals surface area contributed by atoms with Crippen LogP contribution in [-0.2, 0) is 11.3 Å². The minimum atomic E-state index is 0.204. The molecular formula is C27H49NOS. The molecule has 0 aliphatic rings. The number of nitrogens with one attached hydrogen (secondary N) is 1. The molecule has 0 aromatic carbocycles. The number of hydrogen-bond donors (Lipinski definition) is 1. The Morgan fingerprint density at radius 2 is 1.13 bits per heavy atom. The summed E-state index contributed by atoms with van der Waals surface area (Å²) >= 11 is 1.70. The van der Waals surface area contributed by atoms with Gasteiger partial charge < -0.3 is 5.32 Å². The predicted molar refractivity (Wildman–Crippen MR) is 134 cm³/mol. The van der Waals surface area contributed by atoms with Crippen LogP contribution in [0.4, 0.5) is 0 Å². The minimum absolute atomic E-state index is 0.204. The number of thiophene rings is 1. The molecule has 0 saturated carbocycles. The zero-order valence-corrected chi connectivity index (χ0v) is 20.7. The summed E-state index contributed by atoms with van der Waals surface area (Å²) in [6.45, 7) is 2.98. The van der Waals surface area contributed by atoms with Crippen molar-refractivity contribution in [2.45, 2.75) is 142 Å². The first kappa shape index (κ1) is 27.2. The number of carbonyl (C=O) groups excluding carboxylic acids is 1. The van der Waals surface area contributed by atoms with Crippen molar-refractivity contribution in [3.63, 3.8) is 0 Å². The van der Waals surface area contributed by atoms with Crippen molar-refractivity contribution in [1.29, 1.82) is 0 Å². The Hall–Kier alpha value is -0.830. The fourth-order valence-corrected chi connectivity index (χ4v) is 4.70. The molecule has 0 atom stereocenters. The third-order valence-corrected chi connectivity index (χ3v) is 6.92. The predicted octanol–water partition coefficient (Wildman–Crippen LogP) is 9.19. The SMILES string of the molecule is CCCCCCCCCCCCCCCCCCCCCC(=O)NCc1cccs1. The molecule has 1 rings (SSSR count). The fraction of sp³-hybridized carbons (Fsp3) is 0.815. The maximum absolute atomic E-state index is 11.8. The molecule has 0 unspecified atom stereocenters. The zero-order chi connectivity index (χ0) is 21.5. The van der Waals surface area contributed by atoms with Crippen molar-refractivity contribution in [3.8, 4) is 0 Å². The van der Waals surface area contributed by atoms with E-state index >= 15 is 0 Å². The maximum Gasteiger partial charge on any atom is 0.220 e. The van der Waals surface area contributed by atoms with Crippen LogP contribution in [0.15, 0.2) is 17.5 Å². The van der Waals surface area contributed by atoms with Crippen LogP contribution in [0.3, 0.4) is 0 Å². The molecular weight excluding hydrogens is 386 g/mol. The van der Waals surface area contributed by atoms with Gasteiger partial charge in [-0.1, -0.05) is 129 Å². The van der Waals surface area contributed by atoms with Gasteiger partial charge in [-0.15, -0.1) is 11.3 Å². The molecule has 174 valence electrons. The van der Waals surface area contributed by atoms with Crippen molar-refractivity contribution in [2.24, 2.45) is 0 Å². The van der Waals surface area contributed by atoms with Gasteiger partial charge in [-0.05, 0) is 17.9 Å². The lowest BCUT2D eigenvalue weighted by molar-refractivity contribution is -0.121. The summed E-state index contributed by atoms with van der Waals surface area (Å²) in [6.07, 6.45) is 27.1. The second-order valence-corrected chi connectivity index (χ2v) is 10.0. The van der Waals surface area contributed by atoms with E-state index in [9.17, 15) is 4.79 Å². The summed E-state index contributed by atoms with van der Waals surface area (Å²) in [7, 11) is 0. The smallest absolute Gasteiger partial charge is 0.220 e. The van der Waals surface area contributed by atoms with E-state index in [1.165, 1.54) is 120 Å². The number of amides is 1. The molecule has 0 bridgehead atoms. The lowest BCUT2D eigenvalue weighted by atomic mass is 10.0. The quantitative estimate of drug-likeness (QED) is 0.181. The van der Waals surface area contributed by atoms with E-state index in [0.717, 1.165) is 6.42 Å². The molecule has 0 aliphatic heterocycles. The minimum Gasteiger partial charge on any atom is -0.351 e. The third kappa shape index (κ3) is 18.0. The van der Waals surface area contributed by atoms with Gasteiger partial charge in [0.15, 0.2) is 0 Å². The van der Waals surface area contributed by atoms with E-state index in [1.807, 2.05) is 6.07 Å². The van der Waals surface area contributed by atoms with Gasteiger partial charge >= 0.3 is 0 Å². The average molecular weight is 436 g/mol. The Morgan fingerprint density at radius 3 is 1.53 bits per heavy atom. The Labute approximate surface area is 191 Å². The standard InChI is InChI=1S/C27H49NOS/c1-2-3-4-5-6-7-8-9-10-11-12-13-14-15-16-17-18-19-20-23-27(29)28-25-26-22-21-24-30-26/h21-22,24H,2-20,23,25H2,1H3,(H,28,29). The first-order valence-electron chi connectivity index (χ1n) is 13.1. The van der Waals surface area contributed by atoms with Gasteiger partial charge in [-0.25, -0.2) is 0 Å². The van der Waals surface area contributed by atoms with Crippen molar-refractivity contribution >= 4 is 17.2 Å². The average Bonchev–Trinajstić information content (AvgIpc) is 3.27. The van der Waals surface area contributed by atoms with Crippen LogP contribution in [-0.4, -0.2) is 5.91 Å². The summed E-state index contributed by atoms with van der Waals surface area (Å²) in [6, 6.07) is 4.10. The number of carbonyl (C=O) groups is 1. The lowest BCUT2D eigenvalue weighted by Crippen LogP contribution is -2.21. The van der Waals surface area contributed by atoms with Crippen LogP contribution in [0.25, 0.3) is 0 Å². The molecule has 0 fully saturated rings. The van der Waals surface area contributed by atoms with E-state index in [0.29, 0.717) is 13.0 Å². The Bertz CT molecular complexity index is 471. The van der Waals surface area contributed by atoms with Crippen LogP contribution in [0.2, 0.25) is 0 Å². The molecule has 1 N–H and O–H groups in total. The Balaban J connectivity index is 1.69. The molecule has 1 aromatic heterocycles. The fourth-order valence-electron chi connectivity index (χ4n) is 4.05. The van der Waals surface area contributed by atoms with Gasteiger partial charge in [0.2, 0.25) is 5.91 Å². The highest BCUT2D eigenvalue weighted by atomic mass is 32.1. The van der Waals surface area contributed by atoms with Gasteiger partial charge in [0.1, 0.15) is 0 Å². The van der Waals surface area contributed by atoms with Crippen molar-refractivity contribution in [3.05, 3.63) is 22.4 Å². The second kappa shape index (κ2) is 21.4. The van der Waals surface area contributed by atoms with Crippen LogP contribution in [0.5, 0.6) is 0 Å². The molecule has 1 heterocycles. The van der Waals surface area contributed by atoms with Gasteiger partial charge in [0.05, 0.1) is 6.54 Å². The summed E-state index contributed by atoms with van der Waals surface area (Å²) < 4.78 is 0. The first-order chi connectivity index (χ1) is 14.8. The molecule has 0 aliphatic carbocycles. The lowest BCUT2D eigenvalue weighted by Gasteiger charge is -2.05. The molecule has 2 nitrogen and oxygen atoms in total. The highest BCUT2D eigenvalue weighted by Gasteiger charge is 2.02. The van der Waals surface area contributed by atoms with Crippen LogP contribution in [0.1, 0.15) is 140 Å². The van der Waals surface area contributed by atoms with E-state index < -0.39 is 0 Å². The second-order valence-electron chi connectivity index (χ2n) is 8.97. The van der Waals surface area contributed by atoms with Crippen molar-refractivity contribution in [2.75, 3.05) is 0 Å². The summed E-state index contributed by atoms with van der Waals surface area (Å²) in [5.74, 6) is 0.204.